The average molecular weight is 333 g/mol. The van der Waals surface area contributed by atoms with Crippen molar-refractivity contribution in [1.29, 1.82) is 0 Å². The summed E-state index contributed by atoms with van der Waals surface area (Å²) in [4.78, 5) is 0. The largest absolute Gasteiger partial charge is 0.493 e. The second kappa shape index (κ2) is 7.16. The Balaban J connectivity index is 1.56. The predicted octanol–water partition coefficient (Wildman–Crippen LogP) is 4.89. The van der Waals surface area contributed by atoms with Gasteiger partial charge in [0.2, 0.25) is 0 Å². The molecule has 2 N–H and O–H groups in total. The highest BCUT2D eigenvalue weighted by Crippen LogP contribution is 2.28. The molecule has 1 fully saturated rings. The van der Waals surface area contributed by atoms with E-state index < -0.39 is 0 Å². The third-order valence-electron chi connectivity index (χ3n) is 4.77. The summed E-state index contributed by atoms with van der Waals surface area (Å²) in [6, 6.07) is 20.7. The number of hydrogen-bond donors (Lipinski definition) is 1. The first kappa shape index (κ1) is 16.0. The van der Waals surface area contributed by atoms with Crippen LogP contribution < -0.4 is 10.5 Å². The van der Waals surface area contributed by atoms with Crippen LogP contribution in [0.5, 0.6) is 5.75 Å². The van der Waals surface area contributed by atoms with Crippen LogP contribution in [-0.4, -0.2) is 19.8 Å². The molecule has 1 unspecified atom stereocenters. The van der Waals surface area contributed by atoms with Crippen LogP contribution >= 0.6 is 0 Å². The van der Waals surface area contributed by atoms with E-state index in [9.17, 15) is 0 Å². The summed E-state index contributed by atoms with van der Waals surface area (Å²) in [6.45, 7) is 2.42. The van der Waals surface area contributed by atoms with Crippen molar-refractivity contribution in [3.05, 3.63) is 60.7 Å². The number of nitrogen functional groups attached to an aromatic ring is 1. The fourth-order valence-corrected chi connectivity index (χ4v) is 3.37. The van der Waals surface area contributed by atoms with Gasteiger partial charge in [-0.1, -0.05) is 30.3 Å². The molecule has 3 aromatic rings. The Morgan fingerprint density at radius 1 is 0.960 bits per heavy atom. The van der Waals surface area contributed by atoms with Crippen molar-refractivity contribution in [2.45, 2.75) is 12.8 Å². The molecule has 1 aliphatic rings. The number of rotatable bonds is 4. The van der Waals surface area contributed by atoms with Crippen molar-refractivity contribution in [2.24, 2.45) is 5.92 Å². The highest BCUT2D eigenvalue weighted by Gasteiger charge is 2.14. The topological polar surface area (TPSA) is 44.5 Å². The molecule has 3 aromatic carbocycles. The van der Waals surface area contributed by atoms with Gasteiger partial charge < -0.3 is 15.2 Å². The summed E-state index contributed by atoms with van der Waals surface area (Å²) in [7, 11) is 0. The van der Waals surface area contributed by atoms with Gasteiger partial charge in [-0.15, -0.1) is 0 Å². The van der Waals surface area contributed by atoms with Crippen LogP contribution in [0.2, 0.25) is 0 Å². The summed E-state index contributed by atoms with van der Waals surface area (Å²) in [5, 5.41) is 2.39. The maximum absolute atomic E-state index is 6.02. The van der Waals surface area contributed by atoms with E-state index in [2.05, 4.69) is 36.4 Å². The van der Waals surface area contributed by atoms with Gasteiger partial charge in [0, 0.05) is 18.2 Å². The normalized spacial score (nSPS) is 17.5. The van der Waals surface area contributed by atoms with Crippen molar-refractivity contribution in [2.75, 3.05) is 25.6 Å². The minimum absolute atomic E-state index is 0.503. The molecule has 0 amide bonds. The molecule has 1 atom stereocenters. The molecule has 1 heterocycles. The number of hydrogen-bond acceptors (Lipinski definition) is 3. The lowest BCUT2D eigenvalue weighted by molar-refractivity contribution is 0.0352. The zero-order chi connectivity index (χ0) is 17.1. The summed E-state index contributed by atoms with van der Waals surface area (Å²) < 4.78 is 11.5. The predicted molar refractivity (Wildman–Crippen MR) is 103 cm³/mol. The van der Waals surface area contributed by atoms with Crippen LogP contribution in [0.1, 0.15) is 12.8 Å². The number of fused-ring (bicyclic) bond motifs is 1. The van der Waals surface area contributed by atoms with Gasteiger partial charge in [-0.3, -0.25) is 0 Å². The van der Waals surface area contributed by atoms with E-state index in [0.717, 1.165) is 48.8 Å². The molecule has 1 saturated heterocycles. The second-order valence-electron chi connectivity index (χ2n) is 6.74. The molecule has 0 aliphatic carbocycles. The summed E-state index contributed by atoms with van der Waals surface area (Å²) in [5.41, 5.74) is 8.99. The SMILES string of the molecule is Nc1cccc(-c2ccc3ccc(OCC4CCCOC4)cc3c2)c1. The Morgan fingerprint density at radius 2 is 1.84 bits per heavy atom. The Kier molecular flexibility index (Phi) is 4.57. The smallest absolute Gasteiger partial charge is 0.119 e. The molecule has 4 rings (SSSR count). The molecule has 0 spiro atoms. The lowest BCUT2D eigenvalue weighted by Crippen LogP contribution is -2.23. The Labute approximate surface area is 148 Å². The van der Waals surface area contributed by atoms with E-state index in [1.165, 1.54) is 17.2 Å². The first-order valence-electron chi connectivity index (χ1n) is 8.88. The molecule has 0 radical (unpaired) electrons. The van der Waals surface area contributed by atoms with Gasteiger partial charge in [0.25, 0.3) is 0 Å². The second-order valence-corrected chi connectivity index (χ2v) is 6.74. The van der Waals surface area contributed by atoms with Crippen LogP contribution in [0.15, 0.2) is 60.7 Å². The quantitative estimate of drug-likeness (QED) is 0.691. The molecule has 1 aliphatic heterocycles. The standard InChI is InChI=1S/C22H23NO2/c23-21-5-1-4-18(12-21)19-7-6-17-8-9-22(13-20(17)11-19)25-15-16-3-2-10-24-14-16/h1,4-9,11-13,16H,2-3,10,14-15,23H2. The highest BCUT2D eigenvalue weighted by molar-refractivity contribution is 5.88. The summed E-state index contributed by atoms with van der Waals surface area (Å²) in [5.74, 6) is 1.42. The Hall–Kier alpha value is -2.52. The van der Waals surface area contributed by atoms with Crippen LogP contribution in [0, 0.1) is 5.92 Å². The Morgan fingerprint density at radius 3 is 2.68 bits per heavy atom. The van der Waals surface area contributed by atoms with Crippen LogP contribution in [0.3, 0.4) is 0 Å². The van der Waals surface area contributed by atoms with Crippen LogP contribution in [-0.2, 0) is 4.74 Å². The molecule has 3 nitrogen and oxygen atoms in total. The number of ether oxygens (including phenoxy) is 2. The zero-order valence-corrected chi connectivity index (χ0v) is 14.3. The molecular weight excluding hydrogens is 310 g/mol. The van der Waals surface area contributed by atoms with E-state index in [1.54, 1.807) is 0 Å². The monoisotopic (exact) mass is 333 g/mol. The number of benzene rings is 3. The van der Waals surface area contributed by atoms with Gasteiger partial charge in [0.05, 0.1) is 13.2 Å². The van der Waals surface area contributed by atoms with Crippen molar-refractivity contribution >= 4 is 16.5 Å². The van der Waals surface area contributed by atoms with Crippen molar-refractivity contribution in [3.8, 4) is 16.9 Å². The minimum atomic E-state index is 0.503. The van der Waals surface area contributed by atoms with Crippen LogP contribution in [0.4, 0.5) is 5.69 Å². The lowest BCUT2D eigenvalue weighted by atomic mass is 10.0. The highest BCUT2D eigenvalue weighted by atomic mass is 16.5. The first-order chi connectivity index (χ1) is 12.3. The van der Waals surface area contributed by atoms with Crippen molar-refractivity contribution in [3.63, 3.8) is 0 Å². The van der Waals surface area contributed by atoms with Gasteiger partial charge in [0.1, 0.15) is 5.75 Å². The molecule has 0 bridgehead atoms. The summed E-state index contributed by atoms with van der Waals surface area (Å²) in [6.07, 6.45) is 2.32. The fraction of sp³-hybridized carbons (Fsp3) is 0.273. The van der Waals surface area contributed by atoms with E-state index in [0.29, 0.717) is 5.92 Å². The number of nitrogens with two attached hydrogens (primary N) is 1. The first-order valence-corrected chi connectivity index (χ1v) is 8.88. The molecule has 3 heteroatoms. The van der Waals surface area contributed by atoms with E-state index in [1.807, 2.05) is 24.3 Å². The molecule has 0 aromatic heterocycles. The van der Waals surface area contributed by atoms with Crippen molar-refractivity contribution < 1.29 is 9.47 Å². The van der Waals surface area contributed by atoms with Gasteiger partial charge in [-0.2, -0.15) is 0 Å². The maximum atomic E-state index is 6.02. The third-order valence-corrected chi connectivity index (χ3v) is 4.77. The van der Waals surface area contributed by atoms with Gasteiger partial charge in [0.15, 0.2) is 0 Å². The zero-order valence-electron chi connectivity index (χ0n) is 14.3. The lowest BCUT2D eigenvalue weighted by Gasteiger charge is -2.22. The fourth-order valence-electron chi connectivity index (χ4n) is 3.37. The maximum Gasteiger partial charge on any atom is 0.119 e. The third kappa shape index (κ3) is 3.77. The molecule has 128 valence electrons. The van der Waals surface area contributed by atoms with Gasteiger partial charge >= 0.3 is 0 Å². The summed E-state index contributed by atoms with van der Waals surface area (Å²) >= 11 is 0. The molecule has 25 heavy (non-hydrogen) atoms. The molecular formula is C22H23NO2. The van der Waals surface area contributed by atoms with Gasteiger partial charge in [-0.25, -0.2) is 0 Å². The van der Waals surface area contributed by atoms with Crippen LogP contribution in [0.25, 0.3) is 21.9 Å². The van der Waals surface area contributed by atoms with E-state index in [4.69, 9.17) is 15.2 Å². The van der Waals surface area contributed by atoms with Crippen molar-refractivity contribution in [1.82, 2.24) is 0 Å². The average Bonchev–Trinajstić information content (AvgIpc) is 2.66. The van der Waals surface area contributed by atoms with Gasteiger partial charge in [-0.05, 0) is 65.1 Å². The number of anilines is 1. The minimum Gasteiger partial charge on any atom is -0.493 e. The van der Waals surface area contributed by atoms with E-state index in [-0.39, 0.29) is 0 Å². The van der Waals surface area contributed by atoms with E-state index >= 15 is 0 Å². The molecule has 0 saturated carbocycles. The Bertz CT molecular complexity index is 869.